The maximum atomic E-state index is 12.3. The van der Waals surface area contributed by atoms with Crippen molar-refractivity contribution in [2.45, 2.75) is 77.0 Å². The molecule has 6 fully saturated rings. The maximum Gasteiger partial charge on any atom is 0.407 e. The van der Waals surface area contributed by atoms with Gasteiger partial charge in [-0.1, -0.05) is 0 Å². The lowest BCUT2D eigenvalue weighted by Crippen LogP contribution is -2.50. The van der Waals surface area contributed by atoms with Gasteiger partial charge in [-0.05, 0) is 88.9 Å². The van der Waals surface area contributed by atoms with Crippen LogP contribution in [-0.2, 0) is 4.74 Å². The van der Waals surface area contributed by atoms with Gasteiger partial charge in [0.25, 0.3) is 0 Å². The highest BCUT2D eigenvalue weighted by atomic mass is 16.6. The highest BCUT2D eigenvalue weighted by molar-refractivity contribution is 5.69. The summed E-state index contributed by atoms with van der Waals surface area (Å²) in [7, 11) is 0. The smallest absolute Gasteiger partial charge is 0.407 e. The summed E-state index contributed by atoms with van der Waals surface area (Å²) in [6.45, 7) is 6.92. The van der Waals surface area contributed by atoms with Crippen LogP contribution in [0.4, 0.5) is 4.79 Å². The van der Waals surface area contributed by atoms with Gasteiger partial charge < -0.3 is 15.4 Å². The summed E-state index contributed by atoms with van der Waals surface area (Å²) in [5.74, 6) is 4.48. The Morgan fingerprint density at radius 3 is 2.29 bits per heavy atom. The second kappa shape index (κ2) is 4.90. The molecule has 2 N–H and O–H groups in total. The summed E-state index contributed by atoms with van der Waals surface area (Å²) in [6.07, 6.45) is 8.17. The Bertz CT molecular complexity index is 532. The van der Waals surface area contributed by atoms with Crippen molar-refractivity contribution in [1.29, 1.82) is 0 Å². The fraction of sp³-hybridized carbons (Fsp3) is 0.950. The molecular weight excluding hydrogens is 300 g/mol. The molecular formula is C20H32N2O2. The molecule has 6 aliphatic rings. The summed E-state index contributed by atoms with van der Waals surface area (Å²) >= 11 is 0. The van der Waals surface area contributed by atoms with Crippen molar-refractivity contribution in [3.8, 4) is 0 Å². The van der Waals surface area contributed by atoms with Crippen molar-refractivity contribution in [3.05, 3.63) is 0 Å². The zero-order valence-electron chi connectivity index (χ0n) is 15.3. The van der Waals surface area contributed by atoms with Crippen LogP contribution in [0, 0.1) is 35.0 Å². The van der Waals surface area contributed by atoms with E-state index in [2.05, 4.69) is 10.6 Å². The fourth-order valence-corrected chi connectivity index (χ4v) is 6.48. The molecule has 24 heavy (non-hydrogen) atoms. The molecule has 0 heterocycles. The molecule has 6 aliphatic carbocycles. The van der Waals surface area contributed by atoms with Crippen LogP contribution in [0.2, 0.25) is 0 Å². The van der Waals surface area contributed by atoms with Gasteiger partial charge in [-0.15, -0.1) is 0 Å². The molecule has 0 aromatic carbocycles. The normalized spacial score (nSPS) is 48.1. The van der Waals surface area contributed by atoms with Gasteiger partial charge in [0.15, 0.2) is 0 Å². The quantitative estimate of drug-likeness (QED) is 0.812. The van der Waals surface area contributed by atoms with Crippen LogP contribution in [0.5, 0.6) is 0 Å². The Balaban J connectivity index is 1.17. The first-order valence-electron chi connectivity index (χ1n) is 10.1. The Morgan fingerprint density at radius 2 is 1.71 bits per heavy atom. The second-order valence-corrected chi connectivity index (χ2v) is 10.3. The number of nitrogens with one attached hydrogen (secondary N) is 2. The highest BCUT2D eigenvalue weighted by Crippen LogP contribution is 2.78. The van der Waals surface area contributed by atoms with E-state index >= 15 is 0 Å². The van der Waals surface area contributed by atoms with E-state index in [1.807, 2.05) is 20.8 Å². The Hall–Kier alpha value is -0.770. The summed E-state index contributed by atoms with van der Waals surface area (Å²) in [6, 6.07) is 1.08. The molecule has 0 aromatic heterocycles. The van der Waals surface area contributed by atoms with Gasteiger partial charge in [0.1, 0.15) is 5.60 Å². The summed E-state index contributed by atoms with van der Waals surface area (Å²) in [4.78, 5) is 12.3. The van der Waals surface area contributed by atoms with E-state index in [1.165, 1.54) is 38.5 Å². The minimum atomic E-state index is -0.413. The monoisotopic (exact) mass is 332 g/mol. The van der Waals surface area contributed by atoms with E-state index < -0.39 is 5.60 Å². The van der Waals surface area contributed by atoms with E-state index in [0.29, 0.717) is 17.4 Å². The third kappa shape index (κ3) is 2.32. The van der Waals surface area contributed by atoms with E-state index in [0.717, 1.165) is 36.3 Å². The summed E-state index contributed by atoms with van der Waals surface area (Å²) in [5.41, 5.74) is -0.0595. The zero-order chi connectivity index (χ0) is 16.7. The van der Waals surface area contributed by atoms with Crippen LogP contribution in [-0.4, -0.2) is 30.3 Å². The molecule has 4 bridgehead atoms. The van der Waals surface area contributed by atoms with Crippen molar-refractivity contribution in [1.82, 2.24) is 10.6 Å². The van der Waals surface area contributed by atoms with Gasteiger partial charge in [-0.3, -0.25) is 0 Å². The first kappa shape index (κ1) is 15.5. The zero-order valence-corrected chi connectivity index (χ0v) is 15.3. The topological polar surface area (TPSA) is 50.4 Å². The minimum absolute atomic E-state index is 0.220. The molecule has 6 saturated carbocycles. The first-order chi connectivity index (χ1) is 11.4. The number of hydrogen-bond donors (Lipinski definition) is 2. The minimum Gasteiger partial charge on any atom is -0.444 e. The van der Waals surface area contributed by atoms with Crippen LogP contribution < -0.4 is 10.6 Å². The van der Waals surface area contributed by atoms with Gasteiger partial charge in [0, 0.05) is 24.0 Å². The SMILES string of the molecule is CC(C)(C)OC(=O)NC1C2CC3C(C2)C31CNC1CC(C2CC2)C1. The van der Waals surface area contributed by atoms with Crippen molar-refractivity contribution in [2.75, 3.05) is 6.54 Å². The number of alkyl carbamates (subject to hydrolysis) is 1. The lowest BCUT2D eigenvalue weighted by molar-refractivity contribution is 0.0474. The molecule has 1 amide bonds. The van der Waals surface area contributed by atoms with Gasteiger partial charge >= 0.3 is 6.09 Å². The largest absolute Gasteiger partial charge is 0.444 e. The van der Waals surface area contributed by atoms with Crippen molar-refractivity contribution in [2.24, 2.45) is 35.0 Å². The molecule has 0 aromatic rings. The predicted octanol–water partition coefficient (Wildman–Crippen LogP) is 3.31. The van der Waals surface area contributed by atoms with Gasteiger partial charge in [-0.25, -0.2) is 4.79 Å². The van der Waals surface area contributed by atoms with Gasteiger partial charge in [0.2, 0.25) is 0 Å². The first-order valence-corrected chi connectivity index (χ1v) is 10.1. The number of ether oxygens (including phenoxy) is 1. The van der Waals surface area contributed by atoms with Crippen LogP contribution in [0.15, 0.2) is 0 Å². The maximum absolute atomic E-state index is 12.3. The van der Waals surface area contributed by atoms with Crippen LogP contribution >= 0.6 is 0 Å². The fourth-order valence-electron chi connectivity index (χ4n) is 6.48. The third-order valence-corrected chi connectivity index (χ3v) is 7.75. The van der Waals surface area contributed by atoms with Crippen LogP contribution in [0.25, 0.3) is 0 Å². The molecule has 4 heteroatoms. The van der Waals surface area contributed by atoms with Crippen LogP contribution in [0.3, 0.4) is 0 Å². The number of amides is 1. The lowest BCUT2D eigenvalue weighted by Gasteiger charge is -2.38. The van der Waals surface area contributed by atoms with Crippen molar-refractivity contribution < 1.29 is 9.53 Å². The van der Waals surface area contributed by atoms with Gasteiger partial charge in [0.05, 0.1) is 0 Å². The van der Waals surface area contributed by atoms with Gasteiger partial charge in [-0.2, -0.15) is 0 Å². The number of rotatable bonds is 5. The standard InChI is InChI=1S/C20H32N2O2/c1-19(2,3)24-18(23)22-17-13-8-15-16(9-13)20(15,17)10-21-14-6-12(7-14)11-4-5-11/h11-17,21H,4-10H2,1-3H3,(H,22,23). The lowest BCUT2D eigenvalue weighted by atomic mass is 9.77. The Kier molecular flexibility index (Phi) is 3.16. The van der Waals surface area contributed by atoms with Crippen molar-refractivity contribution in [3.63, 3.8) is 0 Å². The van der Waals surface area contributed by atoms with Crippen molar-refractivity contribution >= 4 is 6.09 Å². The summed E-state index contributed by atoms with van der Waals surface area (Å²) < 4.78 is 5.51. The molecule has 4 nitrogen and oxygen atoms in total. The summed E-state index contributed by atoms with van der Waals surface area (Å²) in [5, 5.41) is 7.13. The highest BCUT2D eigenvalue weighted by Gasteiger charge is 2.79. The predicted molar refractivity (Wildman–Crippen MR) is 92.5 cm³/mol. The molecule has 0 radical (unpaired) electrons. The molecule has 3 atom stereocenters. The molecule has 0 aliphatic heterocycles. The second-order valence-electron chi connectivity index (χ2n) is 10.3. The Morgan fingerprint density at radius 1 is 1.04 bits per heavy atom. The van der Waals surface area contributed by atoms with Crippen LogP contribution in [0.1, 0.15) is 59.3 Å². The Labute approximate surface area is 145 Å². The molecule has 6 rings (SSSR count). The van der Waals surface area contributed by atoms with E-state index in [4.69, 9.17) is 4.74 Å². The molecule has 3 unspecified atom stereocenters. The average Bonchev–Trinajstić information content (AvgIpc) is 3.24. The van der Waals surface area contributed by atoms with E-state index in [-0.39, 0.29) is 6.09 Å². The molecule has 134 valence electrons. The number of carbonyl (C=O) groups is 1. The van der Waals surface area contributed by atoms with E-state index in [1.54, 1.807) is 0 Å². The molecule has 0 saturated heterocycles. The average molecular weight is 332 g/mol. The number of hydrogen-bond acceptors (Lipinski definition) is 3. The third-order valence-electron chi connectivity index (χ3n) is 7.75. The number of carbonyl (C=O) groups excluding carboxylic acids is 1. The molecule has 0 spiro atoms. The van der Waals surface area contributed by atoms with E-state index in [9.17, 15) is 4.79 Å².